The van der Waals surface area contributed by atoms with Gasteiger partial charge in [-0.15, -0.1) is 0 Å². The predicted molar refractivity (Wildman–Crippen MR) is 94.2 cm³/mol. The number of hydrogen-bond acceptors (Lipinski definition) is 11. The maximum absolute atomic E-state index is 11.8. The monoisotopic (exact) mass is 442 g/mol. The summed E-state index contributed by atoms with van der Waals surface area (Å²) in [6.45, 7) is -0.725. The van der Waals surface area contributed by atoms with Crippen molar-refractivity contribution in [2.45, 2.75) is 49.1 Å². The summed E-state index contributed by atoms with van der Waals surface area (Å²) in [5, 5.41) is 41.7. The molecule has 1 saturated heterocycles. The van der Waals surface area contributed by atoms with E-state index in [0.717, 1.165) is 0 Å². The van der Waals surface area contributed by atoms with Crippen molar-refractivity contribution in [3.63, 3.8) is 0 Å². The Morgan fingerprint density at radius 2 is 2.04 bits per heavy atom. The largest absolute Gasteiger partial charge is 0.466 e. The molecule has 0 spiro atoms. The molecule has 0 saturated carbocycles. The third-order valence-corrected chi connectivity index (χ3v) is 5.04. The molecule has 6 atom stereocenters. The average molecular weight is 443 g/mol. The van der Waals surface area contributed by atoms with Gasteiger partial charge in [0, 0.05) is 29.5 Å². The highest BCUT2D eigenvalue weighted by molar-refractivity contribution is 8.14. The SMILES string of the molecule is [2H]C([2H])([2H])S(=O)C([2H])([2H])CCC/C(=N\OS(=O)(=O)O)S[C@@H]1O[C@H](CO)[C@@H](O)[C@H](O)[C@H]1O. The summed E-state index contributed by atoms with van der Waals surface area (Å²) in [4.78, 5) is 0. The van der Waals surface area contributed by atoms with Gasteiger partial charge in [-0.3, -0.25) is 8.76 Å². The van der Waals surface area contributed by atoms with E-state index < -0.39 is 76.0 Å². The fourth-order valence-electron chi connectivity index (χ4n) is 1.92. The Balaban J connectivity index is 2.92. The highest BCUT2D eigenvalue weighted by atomic mass is 32.3. The van der Waals surface area contributed by atoms with Crippen molar-refractivity contribution in [2.75, 3.05) is 18.5 Å². The molecule has 154 valence electrons. The molecule has 0 bridgehead atoms. The molecule has 0 radical (unpaired) electrons. The summed E-state index contributed by atoms with van der Waals surface area (Å²) in [5.74, 6) is 0. The van der Waals surface area contributed by atoms with Crippen molar-refractivity contribution in [2.24, 2.45) is 5.16 Å². The second kappa shape index (κ2) is 10.9. The maximum atomic E-state index is 11.8. The zero-order chi connectivity index (χ0) is 24.2. The maximum Gasteiger partial charge on any atom is 0.466 e. The standard InChI is InChI=1S/C12H23NO10S3/c1-25(18)5-3-2-4-8(13-23-26(19,20)21)24-12-11(17)10(16)9(15)7(6-14)22-12/h7,9-12,14-17H,2-6H2,1H3,(H,19,20,21)/b13-8+/t7-,9-,10+,11-,12+,25?/m1/s1/i1D3,5D2. The van der Waals surface area contributed by atoms with Crippen LogP contribution >= 0.6 is 11.8 Å². The third-order valence-electron chi connectivity index (χ3n) is 3.13. The Morgan fingerprint density at radius 3 is 2.62 bits per heavy atom. The van der Waals surface area contributed by atoms with Crippen molar-refractivity contribution < 1.29 is 53.5 Å². The molecular weight excluding hydrogens is 414 g/mol. The van der Waals surface area contributed by atoms with Crippen molar-refractivity contribution in [1.82, 2.24) is 0 Å². The first-order valence-electron chi connectivity index (χ1n) is 9.61. The molecule has 1 aliphatic heterocycles. The Kier molecular flexibility index (Phi) is 6.95. The fourth-order valence-corrected chi connectivity index (χ4v) is 3.59. The molecule has 1 heterocycles. The van der Waals surface area contributed by atoms with E-state index in [9.17, 15) is 33.1 Å². The molecule has 0 aromatic heterocycles. The van der Waals surface area contributed by atoms with Gasteiger partial charge >= 0.3 is 10.4 Å². The number of oxime groups is 1. The second-order valence-electron chi connectivity index (χ2n) is 5.07. The zero-order valence-corrected chi connectivity index (χ0v) is 15.6. The number of ether oxygens (including phenoxy) is 1. The van der Waals surface area contributed by atoms with Crippen LogP contribution in [0.25, 0.3) is 0 Å². The molecule has 14 heteroatoms. The van der Waals surface area contributed by atoms with E-state index >= 15 is 0 Å². The normalized spacial score (nSPS) is 35.5. The lowest BCUT2D eigenvalue weighted by atomic mass is 10.0. The lowest BCUT2D eigenvalue weighted by molar-refractivity contribution is -0.205. The van der Waals surface area contributed by atoms with Gasteiger partial charge in [0.15, 0.2) is 0 Å². The molecular formula is C12H23NO10S3. The Labute approximate surface area is 164 Å². The van der Waals surface area contributed by atoms with Gasteiger partial charge in [-0.1, -0.05) is 16.9 Å². The van der Waals surface area contributed by atoms with Gasteiger partial charge < -0.3 is 25.2 Å². The second-order valence-corrected chi connectivity index (χ2v) is 8.07. The molecule has 11 nitrogen and oxygen atoms in total. The van der Waals surface area contributed by atoms with Crippen LogP contribution in [-0.4, -0.2) is 91.0 Å². The lowest BCUT2D eigenvalue weighted by Gasteiger charge is -2.39. The lowest BCUT2D eigenvalue weighted by Crippen LogP contribution is -2.57. The van der Waals surface area contributed by atoms with Crippen molar-refractivity contribution in [3.8, 4) is 0 Å². The molecule has 0 aromatic rings. The van der Waals surface area contributed by atoms with Gasteiger partial charge in [-0.2, -0.15) is 8.42 Å². The van der Waals surface area contributed by atoms with Gasteiger partial charge in [0.05, 0.1) is 6.61 Å². The van der Waals surface area contributed by atoms with Crippen LogP contribution in [-0.2, 0) is 30.2 Å². The highest BCUT2D eigenvalue weighted by Gasteiger charge is 2.44. The Morgan fingerprint density at radius 1 is 1.35 bits per heavy atom. The van der Waals surface area contributed by atoms with Crippen LogP contribution in [0.5, 0.6) is 0 Å². The molecule has 1 unspecified atom stereocenters. The van der Waals surface area contributed by atoms with Gasteiger partial charge in [0.25, 0.3) is 0 Å². The summed E-state index contributed by atoms with van der Waals surface area (Å²) in [6.07, 6.45) is -10.5. The topological polar surface area (TPSA) is 183 Å². The molecule has 5 N–H and O–H groups in total. The van der Waals surface area contributed by atoms with Crippen LogP contribution < -0.4 is 0 Å². The third kappa shape index (κ3) is 8.14. The quantitative estimate of drug-likeness (QED) is 0.117. The first-order chi connectivity index (χ1) is 14.0. The van der Waals surface area contributed by atoms with Crippen LogP contribution in [0.3, 0.4) is 0 Å². The van der Waals surface area contributed by atoms with E-state index in [1.807, 2.05) is 0 Å². The van der Waals surface area contributed by atoms with Crippen LogP contribution in [0.4, 0.5) is 0 Å². The zero-order valence-electron chi connectivity index (χ0n) is 18.2. The van der Waals surface area contributed by atoms with Crippen LogP contribution in [0.2, 0.25) is 0 Å². The van der Waals surface area contributed by atoms with E-state index in [-0.39, 0.29) is 17.9 Å². The average Bonchev–Trinajstić information content (AvgIpc) is 2.64. The molecule has 1 rings (SSSR count). The summed E-state index contributed by atoms with van der Waals surface area (Å²) < 4.78 is 87.7. The van der Waals surface area contributed by atoms with Crippen molar-refractivity contribution in [3.05, 3.63) is 0 Å². The van der Waals surface area contributed by atoms with E-state index in [1.54, 1.807) is 0 Å². The Hall–Kier alpha value is -0.320. The molecule has 0 aliphatic carbocycles. The molecule has 0 amide bonds. The minimum atomic E-state index is -5.03. The molecule has 26 heavy (non-hydrogen) atoms. The summed E-state index contributed by atoms with van der Waals surface area (Å²) in [7, 11) is -7.87. The van der Waals surface area contributed by atoms with E-state index in [0.29, 0.717) is 11.8 Å². The first-order valence-corrected chi connectivity index (χ1v) is 10.5. The number of nitrogens with zero attached hydrogens (tertiary/aromatic N) is 1. The summed E-state index contributed by atoms with van der Waals surface area (Å²) in [6, 6.07) is 0. The molecule has 1 aliphatic rings. The molecule has 0 aromatic carbocycles. The summed E-state index contributed by atoms with van der Waals surface area (Å²) >= 11 is 0.489. The van der Waals surface area contributed by atoms with Crippen LogP contribution in [0, 0.1) is 0 Å². The van der Waals surface area contributed by atoms with Crippen molar-refractivity contribution in [1.29, 1.82) is 0 Å². The van der Waals surface area contributed by atoms with Crippen LogP contribution in [0.15, 0.2) is 5.16 Å². The van der Waals surface area contributed by atoms with Crippen molar-refractivity contribution >= 4 is 38.0 Å². The minimum Gasteiger partial charge on any atom is -0.394 e. The predicted octanol–water partition coefficient (Wildman–Crippen LogP) is -1.80. The Bertz CT molecular complexity index is 763. The number of hydrogen-bond donors (Lipinski definition) is 5. The van der Waals surface area contributed by atoms with E-state index in [2.05, 4.69) is 9.44 Å². The van der Waals surface area contributed by atoms with E-state index in [1.165, 1.54) is 0 Å². The smallest absolute Gasteiger partial charge is 0.394 e. The van der Waals surface area contributed by atoms with Gasteiger partial charge in [0.2, 0.25) is 0 Å². The van der Waals surface area contributed by atoms with Gasteiger partial charge in [-0.25, -0.2) is 4.28 Å². The number of rotatable bonds is 9. The fraction of sp³-hybridized carbons (Fsp3) is 0.917. The number of aliphatic hydroxyl groups excluding tert-OH is 4. The van der Waals surface area contributed by atoms with Crippen LogP contribution in [0.1, 0.15) is 26.1 Å². The first kappa shape index (κ1) is 16.6. The van der Waals surface area contributed by atoms with Gasteiger partial charge in [0.1, 0.15) is 34.9 Å². The van der Waals surface area contributed by atoms with Gasteiger partial charge in [-0.05, 0) is 19.3 Å². The highest BCUT2D eigenvalue weighted by Crippen LogP contribution is 2.30. The molecule has 1 fully saturated rings. The van der Waals surface area contributed by atoms with E-state index in [4.69, 9.17) is 16.1 Å². The summed E-state index contributed by atoms with van der Waals surface area (Å²) in [5.41, 5.74) is -4.00. The minimum absolute atomic E-state index is 0.215. The number of aliphatic hydroxyl groups is 4. The number of thioether (sulfide) groups is 1.